The van der Waals surface area contributed by atoms with Gasteiger partial charge in [-0.3, -0.25) is 19.2 Å². The number of Topliss-reactive ketones (excluding diaryl/α,β-unsaturated/α-hetero) is 1. The number of amides is 6. The lowest BCUT2D eigenvalue weighted by Crippen LogP contribution is -2.63. The number of carbonyl (C=O) groups excluding carboxylic acids is 6. The molecule has 0 aromatic rings. The van der Waals surface area contributed by atoms with E-state index in [2.05, 4.69) is 46.4 Å². The van der Waals surface area contributed by atoms with Crippen molar-refractivity contribution in [1.29, 1.82) is 0 Å². The summed E-state index contributed by atoms with van der Waals surface area (Å²) in [4.78, 5) is 81.9. The van der Waals surface area contributed by atoms with Crippen molar-refractivity contribution in [2.45, 2.75) is 131 Å². The Bertz CT molecular complexity index is 1310. The standard InChI is InChI=1S/C37H60N6O7/c1-10-13-17-24(28(44)31(46)39-20-11-2)40-30(45)27-26-23(36(26,7)8)21-43(27)32(47)29(37(9)18-15-14-16-19-37)42-33(48)41-25(35(4,5)6)22-50-34(49)38-12-3/h1,23-27,29H,11-22H2,2-9H3,(H,38,49)(H,39,46)(H,40,45)(H2,41,42,48)/t23-,24?,25+,26-,27-,29+/m0/s1. The topological polar surface area (TPSA) is 175 Å². The van der Waals surface area contributed by atoms with Gasteiger partial charge in [0.15, 0.2) is 0 Å². The number of nitrogens with one attached hydrogen (secondary N) is 5. The summed E-state index contributed by atoms with van der Waals surface area (Å²) in [7, 11) is 0. The van der Waals surface area contributed by atoms with Crippen LogP contribution in [0.3, 0.4) is 0 Å². The SMILES string of the molecule is C#CCCC(NC(=O)[C@@H]1[C@@H]2[C@H](CN1C(=O)[C@@H](NC(=O)N[C@H](COC(=O)NCC)C(C)(C)C)C1(C)CCCCC1)C2(C)C)C(=O)C(=O)NCCC. The molecule has 2 aliphatic carbocycles. The molecule has 13 nitrogen and oxygen atoms in total. The molecule has 3 fully saturated rings. The molecule has 0 bridgehead atoms. The third-order valence-corrected chi connectivity index (χ3v) is 11.0. The fourth-order valence-electron chi connectivity index (χ4n) is 7.59. The van der Waals surface area contributed by atoms with Crippen LogP contribution in [0, 0.1) is 40.4 Å². The molecule has 280 valence electrons. The molecule has 0 aromatic carbocycles. The number of rotatable bonds is 15. The van der Waals surface area contributed by atoms with Gasteiger partial charge >= 0.3 is 12.1 Å². The number of piperidine rings is 1. The number of fused-ring (bicyclic) bond motifs is 1. The van der Waals surface area contributed by atoms with Crippen LogP contribution in [-0.4, -0.2) is 90.9 Å². The molecule has 5 N–H and O–H groups in total. The first-order valence-electron chi connectivity index (χ1n) is 18.3. The number of terminal acetylenes is 1. The average Bonchev–Trinajstić information content (AvgIpc) is 3.36. The number of alkyl carbamates (subject to hydrolysis) is 1. The van der Waals surface area contributed by atoms with E-state index in [1.807, 2.05) is 34.6 Å². The maximum Gasteiger partial charge on any atom is 0.407 e. The van der Waals surface area contributed by atoms with Crippen LogP contribution >= 0.6 is 0 Å². The van der Waals surface area contributed by atoms with E-state index in [0.29, 0.717) is 38.9 Å². The molecular formula is C37H60N6O7. The fraction of sp³-hybridized carbons (Fsp3) is 0.784. The number of carbonyl (C=O) groups is 6. The highest BCUT2D eigenvalue weighted by atomic mass is 16.5. The van der Waals surface area contributed by atoms with Crippen LogP contribution in [0.1, 0.15) is 107 Å². The van der Waals surface area contributed by atoms with Crippen molar-refractivity contribution in [2.24, 2.45) is 28.1 Å². The molecule has 0 radical (unpaired) electrons. The van der Waals surface area contributed by atoms with Gasteiger partial charge in [0.2, 0.25) is 17.6 Å². The number of ether oxygens (including phenoxy) is 1. The highest BCUT2D eigenvalue weighted by Gasteiger charge is 2.70. The second-order valence-electron chi connectivity index (χ2n) is 16.1. The zero-order chi connectivity index (χ0) is 37.4. The van der Waals surface area contributed by atoms with E-state index in [9.17, 15) is 28.8 Å². The summed E-state index contributed by atoms with van der Waals surface area (Å²) in [6, 6.07) is -4.11. The monoisotopic (exact) mass is 700 g/mol. The van der Waals surface area contributed by atoms with E-state index in [-0.39, 0.29) is 42.6 Å². The van der Waals surface area contributed by atoms with Crippen LogP contribution in [-0.2, 0) is 23.9 Å². The summed E-state index contributed by atoms with van der Waals surface area (Å²) >= 11 is 0. The summed E-state index contributed by atoms with van der Waals surface area (Å²) in [6.45, 7) is 16.5. The minimum Gasteiger partial charge on any atom is -0.447 e. The molecule has 1 saturated heterocycles. The molecular weight excluding hydrogens is 640 g/mol. The van der Waals surface area contributed by atoms with Crippen molar-refractivity contribution in [2.75, 3.05) is 26.2 Å². The van der Waals surface area contributed by atoms with Gasteiger partial charge < -0.3 is 36.2 Å². The molecule has 3 aliphatic rings. The van der Waals surface area contributed by atoms with E-state index < -0.39 is 64.7 Å². The molecule has 1 unspecified atom stereocenters. The highest BCUT2D eigenvalue weighted by molar-refractivity contribution is 6.38. The Morgan fingerprint density at radius 1 is 0.960 bits per heavy atom. The van der Waals surface area contributed by atoms with E-state index >= 15 is 0 Å². The third-order valence-electron chi connectivity index (χ3n) is 11.0. The Labute approximate surface area is 297 Å². The summed E-state index contributed by atoms with van der Waals surface area (Å²) in [6.07, 6.45) is 10.0. The van der Waals surface area contributed by atoms with E-state index in [1.54, 1.807) is 11.8 Å². The van der Waals surface area contributed by atoms with E-state index in [0.717, 1.165) is 19.3 Å². The summed E-state index contributed by atoms with van der Waals surface area (Å²) in [5.74, 6) is -0.0594. The zero-order valence-corrected chi connectivity index (χ0v) is 31.3. The average molecular weight is 701 g/mol. The summed E-state index contributed by atoms with van der Waals surface area (Å²) < 4.78 is 5.35. The Kier molecular flexibility index (Phi) is 13.7. The third kappa shape index (κ3) is 9.69. The van der Waals surface area contributed by atoms with E-state index in [1.165, 1.54) is 0 Å². The fourth-order valence-corrected chi connectivity index (χ4v) is 7.59. The molecule has 1 aliphatic heterocycles. The molecule has 6 amide bonds. The second-order valence-corrected chi connectivity index (χ2v) is 16.1. The molecule has 0 spiro atoms. The predicted molar refractivity (Wildman–Crippen MR) is 189 cm³/mol. The number of hydrogen-bond acceptors (Lipinski definition) is 7. The number of nitrogens with zero attached hydrogens (tertiary/aromatic N) is 1. The molecule has 2 saturated carbocycles. The van der Waals surface area contributed by atoms with Gasteiger partial charge in [-0.05, 0) is 60.7 Å². The van der Waals surface area contributed by atoms with Gasteiger partial charge in [0, 0.05) is 26.1 Å². The lowest BCUT2D eigenvalue weighted by Gasteiger charge is -2.43. The second kappa shape index (κ2) is 16.9. The summed E-state index contributed by atoms with van der Waals surface area (Å²) in [5, 5.41) is 13.9. The molecule has 6 atom stereocenters. The first-order chi connectivity index (χ1) is 23.4. The first-order valence-corrected chi connectivity index (χ1v) is 18.3. The van der Waals surface area contributed by atoms with Gasteiger partial charge in [-0.1, -0.05) is 67.7 Å². The minimum absolute atomic E-state index is 0.0558. The minimum atomic E-state index is -1.14. The number of hydrogen-bond donors (Lipinski definition) is 5. The van der Waals surface area contributed by atoms with Crippen LogP contribution in [0.15, 0.2) is 0 Å². The van der Waals surface area contributed by atoms with Crippen molar-refractivity contribution in [3.8, 4) is 12.3 Å². The maximum absolute atomic E-state index is 14.7. The Hall–Kier alpha value is -3.82. The molecule has 50 heavy (non-hydrogen) atoms. The van der Waals surface area contributed by atoms with Gasteiger partial charge in [0.1, 0.15) is 18.7 Å². The molecule has 0 aromatic heterocycles. The van der Waals surface area contributed by atoms with E-state index in [4.69, 9.17) is 11.2 Å². The maximum atomic E-state index is 14.7. The Morgan fingerprint density at radius 2 is 1.62 bits per heavy atom. The predicted octanol–water partition coefficient (Wildman–Crippen LogP) is 3.26. The Morgan fingerprint density at radius 3 is 2.20 bits per heavy atom. The first kappa shape index (κ1) is 40.6. The molecule has 13 heteroatoms. The van der Waals surface area contributed by atoms with Crippen LogP contribution in [0.2, 0.25) is 0 Å². The number of urea groups is 1. The van der Waals surface area contributed by atoms with Gasteiger partial charge in [-0.2, -0.15) is 0 Å². The molecule has 3 rings (SSSR count). The van der Waals surface area contributed by atoms with Crippen LogP contribution in [0.5, 0.6) is 0 Å². The summed E-state index contributed by atoms with van der Waals surface area (Å²) in [5.41, 5.74) is -1.27. The van der Waals surface area contributed by atoms with Crippen molar-refractivity contribution in [3.05, 3.63) is 0 Å². The van der Waals surface area contributed by atoms with Crippen LogP contribution in [0.4, 0.5) is 9.59 Å². The lowest BCUT2D eigenvalue weighted by molar-refractivity contribution is -0.146. The van der Waals surface area contributed by atoms with Crippen molar-refractivity contribution >= 4 is 35.6 Å². The van der Waals surface area contributed by atoms with Crippen molar-refractivity contribution in [3.63, 3.8) is 0 Å². The quantitative estimate of drug-likeness (QED) is 0.129. The van der Waals surface area contributed by atoms with Gasteiger partial charge in [-0.25, -0.2) is 9.59 Å². The normalized spacial score (nSPS) is 23.5. The van der Waals surface area contributed by atoms with Crippen molar-refractivity contribution in [1.82, 2.24) is 31.5 Å². The lowest BCUT2D eigenvalue weighted by atomic mass is 9.70. The Balaban J connectivity index is 1.88. The molecule has 1 heterocycles. The number of likely N-dealkylation sites (tertiary alicyclic amines) is 1. The van der Waals surface area contributed by atoms with Gasteiger partial charge in [0.05, 0.1) is 12.1 Å². The number of ketones is 1. The van der Waals surface area contributed by atoms with Gasteiger partial charge in [-0.15, -0.1) is 12.3 Å². The van der Waals surface area contributed by atoms with Crippen LogP contribution < -0.4 is 26.6 Å². The smallest absolute Gasteiger partial charge is 0.407 e. The zero-order valence-electron chi connectivity index (χ0n) is 31.3. The van der Waals surface area contributed by atoms with Crippen molar-refractivity contribution < 1.29 is 33.5 Å². The largest absolute Gasteiger partial charge is 0.447 e. The highest BCUT2D eigenvalue weighted by Crippen LogP contribution is 2.65. The van der Waals surface area contributed by atoms with Crippen LogP contribution in [0.25, 0.3) is 0 Å². The van der Waals surface area contributed by atoms with Gasteiger partial charge in [0.25, 0.3) is 5.91 Å².